The van der Waals surface area contributed by atoms with Gasteiger partial charge in [-0.1, -0.05) is 25.3 Å². The summed E-state index contributed by atoms with van der Waals surface area (Å²) >= 11 is 0. The number of hydrogen-bond donors (Lipinski definition) is 1. The fraction of sp³-hybridized carbons (Fsp3) is 0.556. The summed E-state index contributed by atoms with van der Waals surface area (Å²) in [6.07, 6.45) is 8.96. The maximum atomic E-state index is 15.1. The third-order valence-electron chi connectivity index (χ3n) is 12.1. The monoisotopic (exact) mass is 723 g/mol. The molecule has 4 heterocycles. The molecule has 2 bridgehead atoms. The topological polar surface area (TPSA) is 138 Å². The van der Waals surface area contributed by atoms with Crippen LogP contribution in [0.25, 0.3) is 22.2 Å². The van der Waals surface area contributed by atoms with Crippen LogP contribution >= 0.6 is 0 Å². The molecule has 1 unspecified atom stereocenters. The lowest BCUT2D eigenvalue weighted by Crippen LogP contribution is -2.58. The fourth-order valence-corrected chi connectivity index (χ4v) is 10.8. The number of nitrogens with one attached hydrogen (secondary N) is 1. The number of hydrogen-bond acceptors (Lipinski definition) is 7. The Kier molecular flexibility index (Phi) is 7.94. The Balaban J connectivity index is 1.30. The number of ether oxygens (including phenoxy) is 1. The second-order valence-electron chi connectivity index (χ2n) is 15.2. The second kappa shape index (κ2) is 11.8. The van der Waals surface area contributed by atoms with Crippen LogP contribution in [0, 0.1) is 5.41 Å². The van der Waals surface area contributed by atoms with Crippen molar-refractivity contribution < 1.29 is 31.2 Å². The molecule has 8 rings (SSSR count). The summed E-state index contributed by atoms with van der Waals surface area (Å²) < 4.78 is 62.9. The molecule has 12 nitrogen and oxygen atoms in total. The van der Waals surface area contributed by atoms with Crippen molar-refractivity contribution in [3.63, 3.8) is 0 Å². The maximum absolute atomic E-state index is 15.1. The minimum atomic E-state index is -4.01. The molecule has 2 saturated heterocycles. The van der Waals surface area contributed by atoms with E-state index in [9.17, 15) is 21.6 Å². The summed E-state index contributed by atoms with van der Waals surface area (Å²) in [5.74, 6) is 0.315. The minimum absolute atomic E-state index is 0.0571. The summed E-state index contributed by atoms with van der Waals surface area (Å²) in [5, 5.41) is 1.02. The Labute approximate surface area is 294 Å². The Morgan fingerprint density at radius 2 is 1.64 bits per heavy atom. The van der Waals surface area contributed by atoms with Gasteiger partial charge in [0.1, 0.15) is 5.75 Å². The van der Waals surface area contributed by atoms with Gasteiger partial charge in [-0.25, -0.2) is 13.1 Å². The molecule has 14 heteroatoms. The number of sulfonamides is 1. The van der Waals surface area contributed by atoms with E-state index in [0.717, 1.165) is 76.3 Å². The average molecular weight is 724 g/mol. The highest BCUT2D eigenvalue weighted by Gasteiger charge is 2.65. The molecule has 2 aromatic carbocycles. The van der Waals surface area contributed by atoms with E-state index in [-0.39, 0.29) is 29.5 Å². The molecule has 3 aromatic rings. The first-order valence-corrected chi connectivity index (χ1v) is 20.9. The SMILES string of the molecule is COc1ccc2c(c1)[C@@H]1C[C@]1(C(=O)N1C3CC[C@@H]1CN(S(C)(=O)=O)C3)Cn1c-2c(C2CCCCC2)c2ccc(C(=O)NS(=O)(=O)N(C)C)cc21. The van der Waals surface area contributed by atoms with E-state index in [1.165, 1.54) is 36.6 Å². The van der Waals surface area contributed by atoms with Gasteiger partial charge in [-0.3, -0.25) is 9.59 Å². The molecule has 4 atom stereocenters. The molecule has 5 aliphatic rings. The summed E-state index contributed by atoms with van der Waals surface area (Å²) in [5.41, 5.74) is 4.70. The lowest BCUT2D eigenvalue weighted by molar-refractivity contribution is -0.142. The number of carbonyl (C=O) groups excluding carboxylic acids is 2. The predicted molar refractivity (Wildman–Crippen MR) is 190 cm³/mol. The van der Waals surface area contributed by atoms with Gasteiger partial charge in [-0.15, -0.1) is 0 Å². The summed E-state index contributed by atoms with van der Waals surface area (Å²) in [4.78, 5) is 30.5. The lowest BCUT2D eigenvalue weighted by Gasteiger charge is -2.41. The van der Waals surface area contributed by atoms with Crippen LogP contribution in [-0.4, -0.2) is 99.4 Å². The highest BCUT2D eigenvalue weighted by atomic mass is 32.2. The average Bonchev–Trinajstić information content (AvgIpc) is 3.68. The van der Waals surface area contributed by atoms with Crippen LogP contribution in [0.2, 0.25) is 0 Å². The number of piperazine rings is 1. The molecule has 2 aliphatic carbocycles. The van der Waals surface area contributed by atoms with Gasteiger partial charge in [0.05, 0.1) is 24.5 Å². The summed E-state index contributed by atoms with van der Waals surface area (Å²) in [6.45, 7) is 1.02. The number of amides is 2. The third-order valence-corrected chi connectivity index (χ3v) is 14.7. The molecule has 1 aromatic heterocycles. The van der Waals surface area contributed by atoms with Gasteiger partial charge in [0.25, 0.3) is 5.91 Å². The van der Waals surface area contributed by atoms with Crippen LogP contribution in [0.5, 0.6) is 5.75 Å². The fourth-order valence-electron chi connectivity index (χ4n) is 9.41. The maximum Gasteiger partial charge on any atom is 0.303 e. The van der Waals surface area contributed by atoms with Crippen LogP contribution in [0.1, 0.15) is 84.7 Å². The van der Waals surface area contributed by atoms with Gasteiger partial charge < -0.3 is 14.2 Å². The zero-order chi connectivity index (χ0) is 35.3. The lowest BCUT2D eigenvalue weighted by atomic mass is 9.81. The number of carbonyl (C=O) groups is 2. The van der Waals surface area contributed by atoms with Gasteiger partial charge in [-0.05, 0) is 79.5 Å². The van der Waals surface area contributed by atoms with Crippen molar-refractivity contribution in [3.8, 4) is 17.0 Å². The number of methoxy groups -OCH3 is 1. The molecular formula is C36H45N5O7S2. The molecule has 0 spiro atoms. The standard InChI is InChI=1S/C36H45N5O7S2/c1-38(2)50(46,47)37-34(42)23-10-14-28-31(16-23)40-21-36(35(43)41-24-11-12-25(41)20-39(19-24)49(4,44)45)18-30(36)29-17-26(48-3)13-15-27(29)33(40)32(28)22-8-6-5-7-9-22/h10,13-17,22,24-25,30H,5-9,11-12,18-21H2,1-4H3,(H,37,42)/t24-,25?,30+,36+/m1/s1. The molecule has 4 fully saturated rings. The molecule has 50 heavy (non-hydrogen) atoms. The van der Waals surface area contributed by atoms with Crippen molar-refractivity contribution in [3.05, 3.63) is 53.1 Å². The Morgan fingerprint density at radius 3 is 2.28 bits per heavy atom. The second-order valence-corrected chi connectivity index (χ2v) is 19.0. The quantitative estimate of drug-likeness (QED) is 0.389. The van der Waals surface area contributed by atoms with Crippen LogP contribution in [0.15, 0.2) is 36.4 Å². The molecule has 2 saturated carbocycles. The van der Waals surface area contributed by atoms with E-state index < -0.39 is 31.6 Å². The van der Waals surface area contributed by atoms with Crippen LogP contribution in [-0.2, 0) is 31.6 Å². The zero-order valence-electron chi connectivity index (χ0n) is 29.0. The van der Waals surface area contributed by atoms with E-state index in [0.29, 0.717) is 32.0 Å². The number of rotatable bonds is 7. The van der Waals surface area contributed by atoms with E-state index in [4.69, 9.17) is 4.74 Å². The van der Waals surface area contributed by atoms with Crippen molar-refractivity contribution in [1.82, 2.24) is 22.8 Å². The van der Waals surface area contributed by atoms with Crippen molar-refractivity contribution in [2.24, 2.45) is 5.41 Å². The highest BCUT2D eigenvalue weighted by molar-refractivity contribution is 7.88. The number of nitrogens with zero attached hydrogens (tertiary/aromatic N) is 4. The van der Waals surface area contributed by atoms with Gasteiger partial charge in [0.2, 0.25) is 15.9 Å². The zero-order valence-corrected chi connectivity index (χ0v) is 30.6. The van der Waals surface area contributed by atoms with Gasteiger partial charge >= 0.3 is 10.2 Å². The molecule has 3 aliphatic heterocycles. The van der Waals surface area contributed by atoms with Crippen LogP contribution in [0.4, 0.5) is 0 Å². The molecule has 1 N–H and O–H groups in total. The predicted octanol–water partition coefficient (Wildman–Crippen LogP) is 4.02. The van der Waals surface area contributed by atoms with Crippen molar-refractivity contribution >= 4 is 42.9 Å². The van der Waals surface area contributed by atoms with Gasteiger partial charge in [0, 0.05) is 73.8 Å². The summed E-state index contributed by atoms with van der Waals surface area (Å²) in [6, 6.07) is 11.2. The Morgan fingerprint density at radius 1 is 0.940 bits per heavy atom. The van der Waals surface area contributed by atoms with Crippen LogP contribution < -0.4 is 9.46 Å². The van der Waals surface area contributed by atoms with E-state index in [1.54, 1.807) is 19.2 Å². The Bertz CT molecular complexity index is 2130. The molecule has 0 radical (unpaired) electrons. The minimum Gasteiger partial charge on any atom is -0.497 e. The third kappa shape index (κ3) is 5.27. The van der Waals surface area contributed by atoms with E-state index >= 15 is 4.79 Å². The number of aromatic nitrogens is 1. The van der Waals surface area contributed by atoms with Gasteiger partial charge in [-0.2, -0.15) is 17.0 Å². The smallest absolute Gasteiger partial charge is 0.303 e. The largest absolute Gasteiger partial charge is 0.497 e. The number of fused-ring (bicyclic) bond motifs is 9. The summed E-state index contributed by atoms with van der Waals surface area (Å²) in [7, 11) is -3.01. The van der Waals surface area contributed by atoms with E-state index in [1.807, 2.05) is 17.0 Å². The molecular weight excluding hydrogens is 679 g/mol. The first-order chi connectivity index (χ1) is 23.7. The first kappa shape index (κ1) is 33.7. The molecule has 2 amide bonds. The van der Waals surface area contributed by atoms with Gasteiger partial charge in [0.15, 0.2) is 0 Å². The Hall–Kier alpha value is -3.46. The molecule has 268 valence electrons. The van der Waals surface area contributed by atoms with Crippen molar-refractivity contribution in [2.45, 2.75) is 81.8 Å². The number of benzene rings is 2. The van der Waals surface area contributed by atoms with E-state index in [2.05, 4.69) is 21.4 Å². The highest BCUT2D eigenvalue weighted by Crippen LogP contribution is 2.66. The van der Waals surface area contributed by atoms with Crippen molar-refractivity contribution in [1.29, 1.82) is 0 Å². The van der Waals surface area contributed by atoms with Crippen molar-refractivity contribution in [2.75, 3.05) is 40.6 Å². The first-order valence-electron chi connectivity index (χ1n) is 17.6. The van der Waals surface area contributed by atoms with Crippen LogP contribution in [0.3, 0.4) is 0 Å². The normalized spacial score (nSPS) is 26.7.